The molecule has 0 bridgehead atoms. The van der Waals surface area contributed by atoms with Gasteiger partial charge in [-0.3, -0.25) is 4.79 Å². The van der Waals surface area contributed by atoms with Crippen LogP contribution in [0.1, 0.15) is 245 Å². The molecule has 0 aromatic heterocycles. The molecule has 0 spiro atoms. The van der Waals surface area contributed by atoms with Gasteiger partial charge in [-0.2, -0.15) is 0 Å². The molecule has 0 saturated carbocycles. The highest BCUT2D eigenvalue weighted by molar-refractivity contribution is 5.69. The number of hydrogen-bond donors (Lipinski definition) is 1. The van der Waals surface area contributed by atoms with Gasteiger partial charge in [0.15, 0.2) is 0 Å². The molecule has 0 aliphatic carbocycles. The van der Waals surface area contributed by atoms with Crippen molar-refractivity contribution in [3.05, 3.63) is 97.2 Å². The third-order valence-electron chi connectivity index (χ3n) is 11.4. The van der Waals surface area contributed by atoms with Gasteiger partial charge in [0, 0.05) is 13.0 Å². The number of carbonyl (C=O) groups excluding carboxylic acids is 1. The quantitative estimate of drug-likeness (QED) is 0.0376. The first kappa shape index (κ1) is 60.3. The molecule has 0 heterocycles. The van der Waals surface area contributed by atoms with Crippen molar-refractivity contribution < 1.29 is 19.4 Å². The average molecular weight is 875 g/mol. The van der Waals surface area contributed by atoms with E-state index in [1.807, 2.05) is 0 Å². The molecule has 0 saturated heterocycles. The third kappa shape index (κ3) is 53.6. The monoisotopic (exact) mass is 875 g/mol. The molecule has 4 nitrogen and oxygen atoms in total. The molecule has 0 rings (SSSR count). The summed E-state index contributed by atoms with van der Waals surface area (Å²) >= 11 is 0. The van der Waals surface area contributed by atoms with Gasteiger partial charge in [0.05, 0.1) is 13.2 Å². The fourth-order valence-electron chi connectivity index (χ4n) is 7.42. The lowest BCUT2D eigenvalue weighted by atomic mass is 10.0. The molecule has 362 valence electrons. The van der Waals surface area contributed by atoms with E-state index in [0.29, 0.717) is 13.0 Å². The zero-order valence-corrected chi connectivity index (χ0v) is 41.6. The molecule has 1 N–H and O–H groups in total. The van der Waals surface area contributed by atoms with E-state index < -0.39 is 6.10 Å². The van der Waals surface area contributed by atoms with E-state index in [4.69, 9.17) is 9.47 Å². The molecule has 4 heteroatoms. The first-order chi connectivity index (χ1) is 31.2. The minimum atomic E-state index is -0.559. The molecule has 0 aromatic rings. The van der Waals surface area contributed by atoms with E-state index in [0.717, 1.165) is 77.0 Å². The molecule has 0 fully saturated rings. The molecule has 0 amide bonds. The SMILES string of the molecule is CC/C=C\C/C=C\C/C=C\C/C=C\C/C=C\C/C=C\C/C=C\CCCCCC(=O)OC(CO)COCCCCCCCCCCCCCCCC/C=C\CCCCCCCCCC. The highest BCUT2D eigenvalue weighted by Gasteiger charge is 2.13. The number of unbranched alkanes of at least 4 members (excludes halogenated alkanes) is 25. The maximum absolute atomic E-state index is 12.3. The second kappa shape index (κ2) is 55.4. The minimum absolute atomic E-state index is 0.190. The van der Waals surface area contributed by atoms with Gasteiger partial charge in [0.2, 0.25) is 0 Å². The van der Waals surface area contributed by atoms with Crippen molar-refractivity contribution in [3.63, 3.8) is 0 Å². The Hall–Kier alpha value is -2.69. The van der Waals surface area contributed by atoms with Crippen LogP contribution in [0.5, 0.6) is 0 Å². The zero-order valence-electron chi connectivity index (χ0n) is 41.6. The molecule has 63 heavy (non-hydrogen) atoms. The number of aliphatic hydroxyl groups is 1. The van der Waals surface area contributed by atoms with Crippen molar-refractivity contribution in [2.45, 2.75) is 251 Å². The number of hydrogen-bond acceptors (Lipinski definition) is 4. The number of rotatable bonds is 49. The van der Waals surface area contributed by atoms with Crippen LogP contribution in [0.2, 0.25) is 0 Å². The number of aliphatic hydroxyl groups excluding tert-OH is 1. The molecule has 0 aromatic carbocycles. The molecule has 0 aliphatic rings. The van der Waals surface area contributed by atoms with Gasteiger partial charge in [0.1, 0.15) is 6.10 Å². The van der Waals surface area contributed by atoms with Crippen molar-refractivity contribution in [2.24, 2.45) is 0 Å². The number of allylic oxidation sites excluding steroid dienone is 16. The van der Waals surface area contributed by atoms with Gasteiger partial charge < -0.3 is 14.6 Å². The van der Waals surface area contributed by atoms with Crippen LogP contribution in [0.4, 0.5) is 0 Å². The lowest BCUT2D eigenvalue weighted by Crippen LogP contribution is -2.27. The van der Waals surface area contributed by atoms with E-state index in [1.165, 1.54) is 148 Å². The van der Waals surface area contributed by atoms with Crippen molar-refractivity contribution >= 4 is 5.97 Å². The highest BCUT2D eigenvalue weighted by atomic mass is 16.6. The minimum Gasteiger partial charge on any atom is -0.457 e. The van der Waals surface area contributed by atoms with Crippen LogP contribution in [0, 0.1) is 0 Å². The summed E-state index contributed by atoms with van der Waals surface area (Å²) in [7, 11) is 0. The van der Waals surface area contributed by atoms with Crippen LogP contribution in [0.3, 0.4) is 0 Å². The lowest BCUT2D eigenvalue weighted by molar-refractivity contribution is -0.154. The first-order valence-corrected chi connectivity index (χ1v) is 26.8. The first-order valence-electron chi connectivity index (χ1n) is 26.8. The maximum Gasteiger partial charge on any atom is 0.306 e. The van der Waals surface area contributed by atoms with Gasteiger partial charge in [-0.15, -0.1) is 0 Å². The number of ether oxygens (including phenoxy) is 2. The van der Waals surface area contributed by atoms with Crippen LogP contribution in [-0.2, 0) is 14.3 Å². The van der Waals surface area contributed by atoms with Crippen LogP contribution in [-0.4, -0.2) is 37.0 Å². The summed E-state index contributed by atoms with van der Waals surface area (Å²) in [5.74, 6) is -0.232. The Labute approximate surface area is 392 Å². The fourth-order valence-corrected chi connectivity index (χ4v) is 7.42. The largest absolute Gasteiger partial charge is 0.457 e. The Bertz CT molecular complexity index is 1150. The Morgan fingerprint density at radius 2 is 0.714 bits per heavy atom. The van der Waals surface area contributed by atoms with Crippen molar-refractivity contribution in [2.75, 3.05) is 19.8 Å². The topological polar surface area (TPSA) is 55.8 Å². The van der Waals surface area contributed by atoms with Crippen LogP contribution < -0.4 is 0 Å². The van der Waals surface area contributed by atoms with Crippen LogP contribution >= 0.6 is 0 Å². The molecular formula is C59H102O4. The molecule has 1 atom stereocenters. The summed E-state index contributed by atoms with van der Waals surface area (Å²) in [4.78, 5) is 12.3. The highest BCUT2D eigenvalue weighted by Crippen LogP contribution is 2.15. The zero-order chi connectivity index (χ0) is 45.5. The molecule has 0 aliphatic heterocycles. The van der Waals surface area contributed by atoms with E-state index in [9.17, 15) is 9.90 Å². The van der Waals surface area contributed by atoms with Gasteiger partial charge in [-0.05, 0) is 96.3 Å². The summed E-state index contributed by atoms with van der Waals surface area (Å²) < 4.78 is 11.2. The van der Waals surface area contributed by atoms with Crippen molar-refractivity contribution in [3.8, 4) is 0 Å². The predicted molar refractivity (Wildman–Crippen MR) is 278 cm³/mol. The molecule has 0 radical (unpaired) electrons. The van der Waals surface area contributed by atoms with Gasteiger partial charge in [-0.25, -0.2) is 0 Å². The van der Waals surface area contributed by atoms with E-state index >= 15 is 0 Å². The third-order valence-corrected chi connectivity index (χ3v) is 11.4. The summed E-state index contributed by atoms with van der Waals surface area (Å²) in [6.07, 6.45) is 79.4. The van der Waals surface area contributed by atoms with Gasteiger partial charge in [-0.1, -0.05) is 239 Å². The standard InChI is InChI=1S/C59H102O4/c1-3-5-7-9-11-13-15-17-19-21-23-25-27-29-31-33-35-37-39-41-43-45-47-49-51-53-55-62-57-58(56-60)63-59(61)54-52-50-48-46-44-42-40-38-36-34-32-30-28-26-24-22-20-18-16-14-12-10-8-6-4-2/h6,8,12,14,18,20-21,23-24,26,30,32,36,38,42,44,58,60H,3-5,7,9-11,13,15-17,19,22,25,27-29,31,33-35,37,39-41,43,45-57H2,1-2H3/b8-6-,14-12-,20-18-,23-21-,26-24-,32-30-,38-36-,44-42-. The summed E-state index contributed by atoms with van der Waals surface area (Å²) in [5, 5.41) is 9.66. The van der Waals surface area contributed by atoms with E-state index in [2.05, 4.69) is 111 Å². The second-order valence-electron chi connectivity index (χ2n) is 17.6. The van der Waals surface area contributed by atoms with Crippen molar-refractivity contribution in [1.29, 1.82) is 0 Å². The van der Waals surface area contributed by atoms with E-state index in [-0.39, 0.29) is 19.2 Å². The van der Waals surface area contributed by atoms with Crippen LogP contribution in [0.25, 0.3) is 0 Å². The fraction of sp³-hybridized carbons (Fsp3) is 0.712. The Morgan fingerprint density at radius 1 is 0.397 bits per heavy atom. The average Bonchev–Trinajstić information content (AvgIpc) is 3.29. The Balaban J connectivity index is 3.50. The van der Waals surface area contributed by atoms with Crippen LogP contribution in [0.15, 0.2) is 97.2 Å². The summed E-state index contributed by atoms with van der Waals surface area (Å²) in [5.41, 5.74) is 0. The van der Waals surface area contributed by atoms with E-state index in [1.54, 1.807) is 0 Å². The predicted octanol–water partition coefficient (Wildman–Crippen LogP) is 18.4. The van der Waals surface area contributed by atoms with Gasteiger partial charge in [0.25, 0.3) is 0 Å². The maximum atomic E-state index is 12.3. The Morgan fingerprint density at radius 3 is 1.10 bits per heavy atom. The van der Waals surface area contributed by atoms with Crippen molar-refractivity contribution in [1.82, 2.24) is 0 Å². The van der Waals surface area contributed by atoms with Gasteiger partial charge >= 0.3 is 5.97 Å². The smallest absolute Gasteiger partial charge is 0.306 e. The second-order valence-corrected chi connectivity index (χ2v) is 17.6. The Kier molecular flexibility index (Phi) is 53.1. The normalized spacial score (nSPS) is 13.1. The lowest BCUT2D eigenvalue weighted by Gasteiger charge is -2.15. The number of carbonyl (C=O) groups is 1. The summed E-state index contributed by atoms with van der Waals surface area (Å²) in [6, 6.07) is 0. The number of esters is 1. The molecular weight excluding hydrogens is 773 g/mol. The molecule has 1 unspecified atom stereocenters. The summed E-state index contributed by atoms with van der Waals surface area (Å²) in [6.45, 7) is 5.21.